The molecule has 0 saturated carbocycles. The van der Waals surface area contributed by atoms with Gasteiger partial charge in [0.1, 0.15) is 17.6 Å². The highest BCUT2D eigenvalue weighted by atomic mass is 35.5. The second-order valence-electron chi connectivity index (χ2n) is 11.5. The normalized spacial score (nSPS) is 19.4. The van der Waals surface area contributed by atoms with E-state index >= 15 is 0 Å². The van der Waals surface area contributed by atoms with Crippen molar-refractivity contribution in [2.24, 2.45) is 0 Å². The maximum Gasteiger partial charge on any atom is 0.319 e. The van der Waals surface area contributed by atoms with Crippen molar-refractivity contribution in [3.63, 3.8) is 0 Å². The van der Waals surface area contributed by atoms with Crippen molar-refractivity contribution < 1.29 is 23.8 Å². The van der Waals surface area contributed by atoms with Crippen LogP contribution < -0.4 is 30.2 Å². The van der Waals surface area contributed by atoms with Crippen LogP contribution in [0.25, 0.3) is 0 Å². The Morgan fingerprint density at radius 1 is 0.886 bits per heavy atom. The highest BCUT2D eigenvalue weighted by Gasteiger charge is 2.39. The van der Waals surface area contributed by atoms with Gasteiger partial charge >= 0.3 is 6.03 Å². The molecule has 2 fully saturated rings. The van der Waals surface area contributed by atoms with Crippen LogP contribution in [-0.2, 0) is 0 Å². The summed E-state index contributed by atoms with van der Waals surface area (Å²) >= 11 is 6.51. The smallest absolute Gasteiger partial charge is 0.319 e. The molecule has 0 spiro atoms. The maximum absolute atomic E-state index is 13.0. The lowest BCUT2D eigenvalue weighted by molar-refractivity contribution is 0.0662. The standard InChI is InChI=1S/C34H41ClN4O5/c1-5-21(6-2)37-34(41)38-23-9-16-31(32(17-23)42-4)44-26-12-7-22(8-13-26)36-33(40)29-15-14-27(20-30(29)35)43-28-18-24-10-11-25(19-28)39(24)3/h7-9,12-17,20-21,24-25,28H,5-6,10-11,18-19H2,1-4H3,(H,36,40)(H2,37,38,41). The number of ether oxygens (including phenoxy) is 3. The summed E-state index contributed by atoms with van der Waals surface area (Å²) in [5.41, 5.74) is 1.55. The zero-order valence-electron chi connectivity index (χ0n) is 25.7. The molecule has 2 unspecified atom stereocenters. The lowest BCUT2D eigenvalue weighted by Crippen LogP contribution is -2.43. The highest BCUT2D eigenvalue weighted by Crippen LogP contribution is 2.37. The number of urea groups is 1. The zero-order chi connectivity index (χ0) is 31.2. The molecule has 0 aliphatic carbocycles. The van der Waals surface area contributed by atoms with Crippen molar-refractivity contribution in [1.82, 2.24) is 10.2 Å². The molecule has 9 nitrogen and oxygen atoms in total. The molecule has 2 aliphatic heterocycles. The third-order valence-corrected chi connectivity index (χ3v) is 8.94. The average molecular weight is 621 g/mol. The van der Waals surface area contributed by atoms with Crippen LogP contribution in [0.1, 0.15) is 62.7 Å². The second kappa shape index (κ2) is 14.2. The molecule has 2 saturated heterocycles. The lowest BCUT2D eigenvalue weighted by Gasteiger charge is -2.36. The Hall–Kier alpha value is -3.95. The number of nitrogens with zero attached hydrogens (tertiary/aromatic N) is 1. The summed E-state index contributed by atoms with van der Waals surface area (Å²) in [6, 6.07) is 18.4. The predicted octanol–water partition coefficient (Wildman–Crippen LogP) is 7.71. The van der Waals surface area contributed by atoms with Crippen molar-refractivity contribution in [1.29, 1.82) is 0 Å². The van der Waals surface area contributed by atoms with Crippen molar-refractivity contribution in [2.45, 2.75) is 76.6 Å². The number of rotatable bonds is 11. The number of carbonyl (C=O) groups is 2. The summed E-state index contributed by atoms with van der Waals surface area (Å²) in [6.07, 6.45) is 6.37. The number of benzene rings is 3. The molecule has 2 atom stereocenters. The summed E-state index contributed by atoms with van der Waals surface area (Å²) in [4.78, 5) is 27.8. The number of anilines is 2. The minimum atomic E-state index is -0.314. The summed E-state index contributed by atoms with van der Waals surface area (Å²) in [6.45, 7) is 4.07. The van der Waals surface area contributed by atoms with E-state index in [1.807, 2.05) is 19.9 Å². The van der Waals surface area contributed by atoms with Gasteiger partial charge in [0.25, 0.3) is 5.91 Å². The van der Waals surface area contributed by atoms with Crippen LogP contribution >= 0.6 is 11.6 Å². The molecule has 2 heterocycles. The van der Waals surface area contributed by atoms with Crippen LogP contribution in [0.3, 0.4) is 0 Å². The molecular weight excluding hydrogens is 580 g/mol. The molecule has 0 radical (unpaired) electrons. The number of piperidine rings is 1. The molecule has 44 heavy (non-hydrogen) atoms. The Labute approximate surface area is 264 Å². The van der Waals surface area contributed by atoms with Gasteiger partial charge in [0, 0.05) is 35.6 Å². The summed E-state index contributed by atoms with van der Waals surface area (Å²) in [7, 11) is 3.74. The van der Waals surface area contributed by atoms with E-state index in [0.717, 1.165) is 25.7 Å². The van der Waals surface area contributed by atoms with Crippen LogP contribution in [0.4, 0.5) is 16.2 Å². The minimum Gasteiger partial charge on any atom is -0.493 e. The van der Waals surface area contributed by atoms with Crippen molar-refractivity contribution in [2.75, 3.05) is 24.8 Å². The molecular formula is C34H41ClN4O5. The van der Waals surface area contributed by atoms with Gasteiger partial charge in [0.2, 0.25) is 0 Å². The van der Waals surface area contributed by atoms with E-state index in [-0.39, 0.29) is 24.1 Å². The largest absolute Gasteiger partial charge is 0.493 e. The Kier molecular flexibility index (Phi) is 10.2. The topological polar surface area (TPSA) is 101 Å². The Morgan fingerprint density at radius 3 is 2.18 bits per heavy atom. The molecule has 0 aromatic heterocycles. The van der Waals surface area contributed by atoms with Gasteiger partial charge in [-0.15, -0.1) is 0 Å². The third kappa shape index (κ3) is 7.57. The molecule has 10 heteroatoms. The van der Waals surface area contributed by atoms with Crippen LogP contribution in [0.15, 0.2) is 60.7 Å². The van der Waals surface area contributed by atoms with E-state index in [1.165, 1.54) is 20.0 Å². The van der Waals surface area contributed by atoms with Gasteiger partial charge in [-0.2, -0.15) is 0 Å². The van der Waals surface area contributed by atoms with E-state index in [2.05, 4.69) is 27.9 Å². The lowest BCUT2D eigenvalue weighted by atomic mass is 10.0. The van der Waals surface area contributed by atoms with E-state index in [9.17, 15) is 9.59 Å². The third-order valence-electron chi connectivity index (χ3n) is 8.63. The fourth-order valence-corrected chi connectivity index (χ4v) is 6.27. The molecule has 234 valence electrons. The average Bonchev–Trinajstić information content (AvgIpc) is 3.20. The molecule has 5 rings (SSSR count). The molecule has 2 bridgehead atoms. The number of carbonyl (C=O) groups excluding carboxylic acids is 2. The van der Waals surface area contributed by atoms with Gasteiger partial charge in [-0.3, -0.25) is 4.79 Å². The van der Waals surface area contributed by atoms with Crippen LogP contribution in [0.2, 0.25) is 5.02 Å². The first-order valence-electron chi connectivity index (χ1n) is 15.3. The maximum atomic E-state index is 13.0. The zero-order valence-corrected chi connectivity index (χ0v) is 26.4. The van der Waals surface area contributed by atoms with Gasteiger partial charge < -0.3 is 35.1 Å². The summed E-state index contributed by atoms with van der Waals surface area (Å²) in [5, 5.41) is 9.01. The fraction of sp³-hybridized carbons (Fsp3) is 0.412. The number of hydrogen-bond acceptors (Lipinski definition) is 6. The number of methoxy groups -OCH3 is 1. The molecule has 3 aromatic rings. The van der Waals surface area contributed by atoms with Gasteiger partial charge in [0.05, 0.1) is 17.7 Å². The Morgan fingerprint density at radius 2 is 1.55 bits per heavy atom. The van der Waals surface area contributed by atoms with E-state index in [0.29, 0.717) is 57.0 Å². The summed E-state index contributed by atoms with van der Waals surface area (Å²) in [5.74, 6) is 1.87. The fourth-order valence-electron chi connectivity index (χ4n) is 6.01. The molecule has 3 amide bonds. The molecule has 3 N–H and O–H groups in total. The minimum absolute atomic E-state index is 0.119. The number of halogens is 1. The first-order chi connectivity index (χ1) is 21.3. The van der Waals surface area contributed by atoms with Crippen LogP contribution in [-0.4, -0.2) is 55.2 Å². The van der Waals surface area contributed by atoms with Gasteiger partial charge in [-0.25, -0.2) is 4.79 Å². The molecule has 2 aliphatic rings. The highest BCUT2D eigenvalue weighted by molar-refractivity contribution is 6.34. The van der Waals surface area contributed by atoms with E-state index in [1.54, 1.807) is 54.6 Å². The quantitative estimate of drug-likeness (QED) is 0.203. The first kappa shape index (κ1) is 31.5. The number of amides is 3. The summed E-state index contributed by atoms with van der Waals surface area (Å²) < 4.78 is 17.8. The van der Waals surface area contributed by atoms with Crippen molar-refractivity contribution in [3.8, 4) is 23.0 Å². The van der Waals surface area contributed by atoms with E-state index < -0.39 is 0 Å². The van der Waals surface area contributed by atoms with Crippen LogP contribution in [0.5, 0.6) is 23.0 Å². The van der Waals surface area contributed by atoms with E-state index in [4.69, 9.17) is 25.8 Å². The molecule has 3 aromatic carbocycles. The second-order valence-corrected chi connectivity index (χ2v) is 11.9. The Balaban J connectivity index is 1.16. The van der Waals surface area contributed by atoms with Gasteiger partial charge in [-0.05, 0) is 100 Å². The van der Waals surface area contributed by atoms with Crippen molar-refractivity contribution in [3.05, 3.63) is 71.2 Å². The van der Waals surface area contributed by atoms with Gasteiger partial charge in [0.15, 0.2) is 11.5 Å². The predicted molar refractivity (Wildman–Crippen MR) is 174 cm³/mol. The number of fused-ring (bicyclic) bond motifs is 2. The first-order valence-corrected chi connectivity index (χ1v) is 15.7. The Bertz CT molecular complexity index is 1450. The number of hydrogen-bond donors (Lipinski definition) is 3. The van der Waals surface area contributed by atoms with Crippen molar-refractivity contribution >= 4 is 34.9 Å². The number of nitrogens with one attached hydrogen (secondary N) is 3. The van der Waals surface area contributed by atoms with Crippen LogP contribution in [0, 0.1) is 0 Å². The van der Waals surface area contributed by atoms with Gasteiger partial charge in [-0.1, -0.05) is 25.4 Å². The SMILES string of the molecule is CCC(CC)NC(=O)Nc1ccc(Oc2ccc(NC(=O)c3ccc(OC4CC5CCC(C4)N5C)cc3Cl)cc2)c(OC)c1. The monoisotopic (exact) mass is 620 g/mol.